The van der Waals surface area contributed by atoms with E-state index in [0.29, 0.717) is 31.6 Å². The number of aromatic nitrogens is 2. The monoisotopic (exact) mass is 487 g/mol. The van der Waals surface area contributed by atoms with Gasteiger partial charge in [0.15, 0.2) is 4.80 Å². The SMILES string of the molecule is C#CCn1c(=NC(=O)c2cc(-c3ccccc3)nc3ccccc23)sc2ccc(Cl)c(Cl)c21. The molecular formula is C26H15Cl2N3OS. The summed E-state index contributed by atoms with van der Waals surface area (Å²) in [7, 11) is 0. The fourth-order valence-corrected chi connectivity index (χ4v) is 5.19. The molecule has 0 atom stereocenters. The van der Waals surface area contributed by atoms with Gasteiger partial charge in [0.1, 0.15) is 0 Å². The van der Waals surface area contributed by atoms with Gasteiger partial charge >= 0.3 is 0 Å². The maximum absolute atomic E-state index is 13.5. The molecule has 0 saturated heterocycles. The van der Waals surface area contributed by atoms with Gasteiger partial charge in [-0.2, -0.15) is 4.99 Å². The van der Waals surface area contributed by atoms with E-state index >= 15 is 0 Å². The van der Waals surface area contributed by atoms with Crippen molar-refractivity contribution < 1.29 is 4.79 Å². The average molecular weight is 488 g/mol. The zero-order valence-electron chi connectivity index (χ0n) is 17.1. The summed E-state index contributed by atoms with van der Waals surface area (Å²) in [5.41, 5.74) is 3.48. The Morgan fingerprint density at radius 3 is 2.61 bits per heavy atom. The van der Waals surface area contributed by atoms with Crippen LogP contribution in [0.25, 0.3) is 32.4 Å². The lowest BCUT2D eigenvalue weighted by Gasteiger charge is -2.08. The zero-order chi connectivity index (χ0) is 22.9. The molecule has 2 aromatic heterocycles. The van der Waals surface area contributed by atoms with Crippen molar-refractivity contribution in [3.8, 4) is 23.6 Å². The smallest absolute Gasteiger partial charge is 0.280 e. The van der Waals surface area contributed by atoms with Crippen LogP contribution in [-0.4, -0.2) is 15.5 Å². The summed E-state index contributed by atoms with van der Waals surface area (Å²) in [6.07, 6.45) is 5.59. The molecule has 0 aliphatic heterocycles. The van der Waals surface area contributed by atoms with Gasteiger partial charge in [0.25, 0.3) is 5.91 Å². The number of terminal acetylenes is 1. The lowest BCUT2D eigenvalue weighted by Crippen LogP contribution is -2.17. The number of hydrogen-bond donors (Lipinski definition) is 0. The van der Waals surface area contributed by atoms with Crippen molar-refractivity contribution in [3.05, 3.63) is 93.2 Å². The second kappa shape index (κ2) is 8.84. The van der Waals surface area contributed by atoms with Crippen LogP contribution in [0.3, 0.4) is 0 Å². The molecule has 0 fully saturated rings. The van der Waals surface area contributed by atoms with E-state index in [2.05, 4.69) is 10.9 Å². The van der Waals surface area contributed by atoms with Crippen LogP contribution in [0.1, 0.15) is 10.4 Å². The van der Waals surface area contributed by atoms with Crippen molar-refractivity contribution in [2.45, 2.75) is 6.54 Å². The molecule has 0 radical (unpaired) electrons. The Balaban J connectivity index is 1.73. The van der Waals surface area contributed by atoms with Gasteiger partial charge in [-0.3, -0.25) is 4.79 Å². The number of pyridine rings is 1. The Bertz CT molecular complexity index is 1650. The standard InChI is InChI=1S/C26H15Cl2N3OS/c1-2-14-31-24-22(13-12-19(27)23(24)28)33-26(31)30-25(32)18-15-21(16-8-4-3-5-9-16)29-20-11-7-6-10-17(18)20/h1,3-13,15H,14H2. The predicted octanol–water partition coefficient (Wildman–Crippen LogP) is 6.60. The van der Waals surface area contributed by atoms with Gasteiger partial charge in [-0.25, -0.2) is 4.98 Å². The zero-order valence-corrected chi connectivity index (χ0v) is 19.5. The van der Waals surface area contributed by atoms with Crippen molar-refractivity contribution in [2.75, 3.05) is 0 Å². The molecule has 5 aromatic rings. The molecular weight excluding hydrogens is 473 g/mol. The summed E-state index contributed by atoms with van der Waals surface area (Å²) >= 11 is 14.0. The summed E-state index contributed by atoms with van der Waals surface area (Å²) in [5.74, 6) is 2.23. The number of rotatable bonds is 3. The highest BCUT2D eigenvalue weighted by atomic mass is 35.5. The van der Waals surface area contributed by atoms with Gasteiger partial charge in [0, 0.05) is 10.9 Å². The number of amides is 1. The van der Waals surface area contributed by atoms with Crippen molar-refractivity contribution in [2.24, 2.45) is 4.99 Å². The first kappa shape index (κ1) is 21.4. The summed E-state index contributed by atoms with van der Waals surface area (Å²) < 4.78 is 2.59. The Labute approximate surface area is 203 Å². The molecule has 0 saturated carbocycles. The molecule has 0 bridgehead atoms. The maximum Gasteiger partial charge on any atom is 0.280 e. The Morgan fingerprint density at radius 2 is 1.82 bits per heavy atom. The Hall–Kier alpha value is -3.43. The third-order valence-electron chi connectivity index (χ3n) is 5.20. The summed E-state index contributed by atoms with van der Waals surface area (Å²) in [6, 6.07) is 22.6. The largest absolute Gasteiger partial charge is 0.303 e. The topological polar surface area (TPSA) is 47.2 Å². The van der Waals surface area contributed by atoms with Gasteiger partial charge in [0.05, 0.1) is 43.6 Å². The first-order valence-electron chi connectivity index (χ1n) is 10.0. The highest BCUT2D eigenvalue weighted by molar-refractivity contribution is 7.16. The first-order valence-corrected chi connectivity index (χ1v) is 11.6. The highest BCUT2D eigenvalue weighted by Crippen LogP contribution is 2.32. The van der Waals surface area contributed by atoms with Crippen molar-refractivity contribution >= 4 is 61.6 Å². The van der Waals surface area contributed by atoms with Crippen molar-refractivity contribution in [1.82, 2.24) is 9.55 Å². The number of nitrogens with zero attached hydrogens (tertiary/aromatic N) is 3. The summed E-state index contributed by atoms with van der Waals surface area (Å²) in [6.45, 7) is 0.207. The van der Waals surface area contributed by atoms with Crippen LogP contribution < -0.4 is 4.80 Å². The van der Waals surface area contributed by atoms with Gasteiger partial charge in [-0.15, -0.1) is 6.42 Å². The molecule has 5 rings (SSSR count). The van der Waals surface area contributed by atoms with E-state index in [1.54, 1.807) is 16.7 Å². The fourth-order valence-electron chi connectivity index (χ4n) is 3.68. The fraction of sp³-hybridized carbons (Fsp3) is 0.0385. The van der Waals surface area contributed by atoms with E-state index in [1.165, 1.54) is 11.3 Å². The van der Waals surface area contributed by atoms with E-state index in [1.807, 2.05) is 60.7 Å². The van der Waals surface area contributed by atoms with Crippen molar-refractivity contribution in [1.29, 1.82) is 0 Å². The van der Waals surface area contributed by atoms with E-state index in [9.17, 15) is 4.79 Å². The van der Waals surface area contributed by atoms with Crippen LogP contribution >= 0.6 is 34.5 Å². The number of thiazole rings is 1. The van der Waals surface area contributed by atoms with Gasteiger partial charge in [-0.1, -0.05) is 89.0 Å². The van der Waals surface area contributed by atoms with Crippen LogP contribution in [-0.2, 0) is 6.54 Å². The normalized spacial score (nSPS) is 11.7. The molecule has 0 spiro atoms. The van der Waals surface area contributed by atoms with Crippen LogP contribution in [0, 0.1) is 12.3 Å². The maximum atomic E-state index is 13.5. The lowest BCUT2D eigenvalue weighted by atomic mass is 10.0. The molecule has 7 heteroatoms. The van der Waals surface area contributed by atoms with Gasteiger partial charge in [-0.05, 0) is 24.3 Å². The van der Waals surface area contributed by atoms with Gasteiger partial charge in [0.2, 0.25) is 0 Å². The summed E-state index contributed by atoms with van der Waals surface area (Å²) in [5, 5.41) is 1.53. The molecule has 0 unspecified atom stereocenters. The highest BCUT2D eigenvalue weighted by Gasteiger charge is 2.16. The minimum atomic E-state index is -0.384. The number of para-hydroxylation sites is 1. The van der Waals surface area contributed by atoms with E-state index in [-0.39, 0.29) is 12.5 Å². The van der Waals surface area contributed by atoms with Crippen LogP contribution in [0.5, 0.6) is 0 Å². The van der Waals surface area contributed by atoms with Crippen molar-refractivity contribution in [3.63, 3.8) is 0 Å². The van der Waals surface area contributed by atoms with E-state index in [0.717, 1.165) is 21.2 Å². The van der Waals surface area contributed by atoms with E-state index in [4.69, 9.17) is 34.6 Å². The molecule has 2 heterocycles. The minimum Gasteiger partial charge on any atom is -0.303 e. The molecule has 1 amide bonds. The first-order chi connectivity index (χ1) is 16.1. The predicted molar refractivity (Wildman–Crippen MR) is 136 cm³/mol. The second-order valence-corrected chi connectivity index (χ2v) is 9.03. The number of carbonyl (C=O) groups excluding carboxylic acids is 1. The van der Waals surface area contributed by atoms with Crippen LogP contribution in [0.15, 0.2) is 77.8 Å². The lowest BCUT2D eigenvalue weighted by molar-refractivity contribution is 0.0999. The molecule has 4 nitrogen and oxygen atoms in total. The quantitative estimate of drug-likeness (QED) is 0.269. The third kappa shape index (κ3) is 3.94. The Kier molecular flexibility index (Phi) is 5.74. The Morgan fingerprint density at radius 1 is 1.06 bits per heavy atom. The average Bonchev–Trinajstić information content (AvgIpc) is 3.19. The number of hydrogen-bond acceptors (Lipinski definition) is 3. The minimum absolute atomic E-state index is 0.207. The molecule has 33 heavy (non-hydrogen) atoms. The third-order valence-corrected chi connectivity index (χ3v) is 7.03. The number of benzene rings is 3. The van der Waals surface area contributed by atoms with Crippen LogP contribution in [0.4, 0.5) is 0 Å². The van der Waals surface area contributed by atoms with Gasteiger partial charge < -0.3 is 4.57 Å². The number of fused-ring (bicyclic) bond motifs is 2. The molecule has 160 valence electrons. The molecule has 0 N–H and O–H groups in total. The molecule has 3 aromatic carbocycles. The summed E-state index contributed by atoms with van der Waals surface area (Å²) in [4.78, 5) is 23.1. The number of carbonyl (C=O) groups is 1. The molecule has 0 aliphatic rings. The second-order valence-electron chi connectivity index (χ2n) is 7.24. The van der Waals surface area contributed by atoms with E-state index < -0.39 is 0 Å². The number of halogens is 2. The molecule has 0 aliphatic carbocycles. The van der Waals surface area contributed by atoms with Crippen LogP contribution in [0.2, 0.25) is 10.0 Å².